The van der Waals surface area contributed by atoms with E-state index in [1.54, 1.807) is 16.2 Å². The number of carbonyl (C=O) groups is 2. The van der Waals surface area contributed by atoms with Gasteiger partial charge in [0, 0.05) is 50.1 Å². The van der Waals surface area contributed by atoms with Crippen LogP contribution >= 0.6 is 11.3 Å². The average molecular weight is 420 g/mol. The number of hydrogen-bond donors (Lipinski definition) is 1. The molecule has 29 heavy (non-hydrogen) atoms. The standard InChI is InChI=1S/C22H33N3O3S/c1-24-19(26)14-17(20(24)18-6-5-13-29-18)21(27)23-15-22(7-11-28-12-8-22)16-25-9-3-2-4-10-25/h5-6,13,17,20H,2-4,7-12,14-16H2,1H3,(H,23,27). The molecule has 3 aliphatic rings. The Bertz CT molecular complexity index is 696. The Balaban J connectivity index is 1.42. The van der Waals surface area contributed by atoms with E-state index in [0.717, 1.165) is 37.5 Å². The van der Waals surface area contributed by atoms with E-state index in [9.17, 15) is 9.59 Å². The second-order valence-electron chi connectivity index (χ2n) is 8.94. The Morgan fingerprint density at radius 1 is 1.28 bits per heavy atom. The van der Waals surface area contributed by atoms with Crippen molar-refractivity contribution >= 4 is 23.2 Å². The molecular formula is C22H33N3O3S. The van der Waals surface area contributed by atoms with Gasteiger partial charge in [0.1, 0.15) is 0 Å². The normalized spacial score (nSPS) is 27.9. The molecule has 0 bridgehead atoms. The fourth-order valence-corrected chi connectivity index (χ4v) is 6.08. The van der Waals surface area contributed by atoms with E-state index >= 15 is 0 Å². The number of piperidine rings is 1. The van der Waals surface area contributed by atoms with Crippen LogP contribution in [0.5, 0.6) is 0 Å². The first-order chi connectivity index (χ1) is 14.1. The fraction of sp³-hybridized carbons (Fsp3) is 0.727. The van der Waals surface area contributed by atoms with Gasteiger partial charge >= 0.3 is 0 Å². The number of nitrogens with zero attached hydrogens (tertiary/aromatic N) is 2. The molecule has 0 aliphatic carbocycles. The summed E-state index contributed by atoms with van der Waals surface area (Å²) in [4.78, 5) is 30.9. The van der Waals surface area contributed by atoms with Crippen LogP contribution < -0.4 is 5.32 Å². The second kappa shape index (κ2) is 9.14. The minimum atomic E-state index is -0.307. The Morgan fingerprint density at radius 3 is 2.72 bits per heavy atom. The summed E-state index contributed by atoms with van der Waals surface area (Å²) in [5.74, 6) is -0.235. The molecule has 2 amide bonds. The largest absolute Gasteiger partial charge is 0.381 e. The summed E-state index contributed by atoms with van der Waals surface area (Å²) in [5, 5.41) is 5.27. The van der Waals surface area contributed by atoms with Gasteiger partial charge in [0.2, 0.25) is 11.8 Å². The van der Waals surface area contributed by atoms with E-state index < -0.39 is 0 Å². The highest BCUT2D eigenvalue weighted by molar-refractivity contribution is 7.10. The highest BCUT2D eigenvalue weighted by atomic mass is 32.1. The zero-order chi connectivity index (χ0) is 20.3. The lowest BCUT2D eigenvalue weighted by atomic mass is 9.79. The van der Waals surface area contributed by atoms with Gasteiger partial charge in [-0.1, -0.05) is 12.5 Å². The Labute approximate surface area is 177 Å². The first kappa shape index (κ1) is 20.8. The third kappa shape index (κ3) is 4.67. The molecule has 6 nitrogen and oxygen atoms in total. The number of ether oxygens (including phenoxy) is 1. The summed E-state index contributed by atoms with van der Waals surface area (Å²) in [6, 6.07) is 3.87. The zero-order valence-electron chi connectivity index (χ0n) is 17.4. The maximum Gasteiger partial charge on any atom is 0.226 e. The lowest BCUT2D eigenvalue weighted by Gasteiger charge is -2.42. The molecule has 3 saturated heterocycles. The Hall–Kier alpha value is -1.44. The average Bonchev–Trinajstić information content (AvgIpc) is 3.36. The molecule has 1 N–H and O–H groups in total. The summed E-state index contributed by atoms with van der Waals surface area (Å²) in [6.45, 7) is 5.59. The molecule has 3 fully saturated rings. The summed E-state index contributed by atoms with van der Waals surface area (Å²) in [7, 11) is 1.82. The number of rotatable bonds is 6. The molecule has 3 aliphatic heterocycles. The van der Waals surface area contributed by atoms with Crippen LogP contribution in [0.25, 0.3) is 0 Å². The van der Waals surface area contributed by atoms with Gasteiger partial charge in [-0.2, -0.15) is 0 Å². The van der Waals surface area contributed by atoms with Gasteiger partial charge in [-0.05, 0) is 50.2 Å². The van der Waals surface area contributed by atoms with Crippen molar-refractivity contribution < 1.29 is 14.3 Å². The quantitative estimate of drug-likeness (QED) is 0.770. The fourth-order valence-electron chi connectivity index (χ4n) is 5.15. The number of amides is 2. The summed E-state index contributed by atoms with van der Waals surface area (Å²) in [5.41, 5.74) is 0.0815. The first-order valence-electron chi connectivity index (χ1n) is 10.9. The van der Waals surface area contributed by atoms with Crippen molar-refractivity contribution in [2.45, 2.75) is 44.6 Å². The number of carbonyl (C=O) groups excluding carboxylic acids is 2. The van der Waals surface area contributed by atoms with Gasteiger partial charge in [0.25, 0.3) is 0 Å². The molecular weight excluding hydrogens is 386 g/mol. The summed E-state index contributed by atoms with van der Waals surface area (Å²) in [6.07, 6.45) is 6.16. The number of nitrogens with one attached hydrogen (secondary N) is 1. The minimum Gasteiger partial charge on any atom is -0.381 e. The minimum absolute atomic E-state index is 0.0191. The highest BCUT2D eigenvalue weighted by Gasteiger charge is 2.44. The molecule has 1 aromatic heterocycles. The third-order valence-electron chi connectivity index (χ3n) is 6.96. The predicted molar refractivity (Wildman–Crippen MR) is 114 cm³/mol. The van der Waals surface area contributed by atoms with Crippen molar-refractivity contribution in [1.29, 1.82) is 0 Å². The SMILES string of the molecule is CN1C(=O)CC(C(=O)NCC2(CN3CCCCC3)CCOCC2)C1c1cccs1. The van der Waals surface area contributed by atoms with E-state index in [4.69, 9.17) is 4.74 Å². The molecule has 4 heterocycles. The molecule has 0 radical (unpaired) electrons. The van der Waals surface area contributed by atoms with Gasteiger partial charge in [-0.3, -0.25) is 9.59 Å². The zero-order valence-corrected chi connectivity index (χ0v) is 18.2. The van der Waals surface area contributed by atoms with E-state index in [1.165, 1.54) is 32.4 Å². The molecule has 0 saturated carbocycles. The summed E-state index contributed by atoms with van der Waals surface area (Å²) < 4.78 is 5.63. The lowest BCUT2D eigenvalue weighted by Crippen LogP contribution is -2.50. The van der Waals surface area contributed by atoms with Crippen LogP contribution in [0.4, 0.5) is 0 Å². The molecule has 0 spiro atoms. The van der Waals surface area contributed by atoms with Crippen molar-refractivity contribution in [3.63, 3.8) is 0 Å². The van der Waals surface area contributed by atoms with Gasteiger partial charge in [-0.15, -0.1) is 11.3 Å². The van der Waals surface area contributed by atoms with Crippen molar-refractivity contribution in [2.75, 3.05) is 46.4 Å². The van der Waals surface area contributed by atoms with Crippen LogP contribution in [0.3, 0.4) is 0 Å². The molecule has 2 unspecified atom stereocenters. The monoisotopic (exact) mass is 419 g/mol. The second-order valence-corrected chi connectivity index (χ2v) is 9.92. The van der Waals surface area contributed by atoms with Crippen molar-refractivity contribution in [3.05, 3.63) is 22.4 Å². The van der Waals surface area contributed by atoms with E-state index in [2.05, 4.69) is 10.2 Å². The van der Waals surface area contributed by atoms with Gasteiger partial charge < -0.3 is 19.9 Å². The van der Waals surface area contributed by atoms with E-state index in [0.29, 0.717) is 13.0 Å². The maximum atomic E-state index is 13.2. The van der Waals surface area contributed by atoms with Crippen LogP contribution in [-0.2, 0) is 14.3 Å². The van der Waals surface area contributed by atoms with Crippen molar-refractivity contribution in [1.82, 2.24) is 15.1 Å². The smallest absolute Gasteiger partial charge is 0.226 e. The van der Waals surface area contributed by atoms with Gasteiger partial charge in [-0.25, -0.2) is 0 Å². The molecule has 2 atom stereocenters. The van der Waals surface area contributed by atoms with Crippen LogP contribution in [0.15, 0.2) is 17.5 Å². The maximum absolute atomic E-state index is 13.2. The number of likely N-dealkylation sites (tertiary alicyclic amines) is 2. The summed E-state index contributed by atoms with van der Waals surface area (Å²) >= 11 is 1.62. The Morgan fingerprint density at radius 2 is 2.03 bits per heavy atom. The van der Waals surface area contributed by atoms with Crippen LogP contribution in [0.1, 0.15) is 49.4 Å². The Kier molecular flexibility index (Phi) is 6.56. The van der Waals surface area contributed by atoms with E-state index in [-0.39, 0.29) is 29.2 Å². The third-order valence-corrected chi connectivity index (χ3v) is 7.90. The molecule has 0 aromatic carbocycles. The molecule has 160 valence electrons. The van der Waals surface area contributed by atoms with Gasteiger partial charge in [0.05, 0.1) is 12.0 Å². The molecule has 4 rings (SSSR count). The molecule has 1 aromatic rings. The number of thiophene rings is 1. The van der Waals surface area contributed by atoms with E-state index in [1.807, 2.05) is 24.6 Å². The van der Waals surface area contributed by atoms with Crippen molar-refractivity contribution in [2.24, 2.45) is 11.3 Å². The first-order valence-corrected chi connectivity index (χ1v) is 11.8. The predicted octanol–water partition coefficient (Wildman–Crippen LogP) is 2.67. The van der Waals surface area contributed by atoms with Gasteiger partial charge in [0.15, 0.2) is 0 Å². The highest BCUT2D eigenvalue weighted by Crippen LogP contribution is 2.39. The van der Waals surface area contributed by atoms with Crippen LogP contribution in [0, 0.1) is 11.3 Å². The van der Waals surface area contributed by atoms with Crippen LogP contribution in [-0.4, -0.2) is 68.1 Å². The number of hydrogen-bond acceptors (Lipinski definition) is 5. The topological polar surface area (TPSA) is 61.9 Å². The van der Waals surface area contributed by atoms with Crippen molar-refractivity contribution in [3.8, 4) is 0 Å². The molecule has 7 heteroatoms. The van der Waals surface area contributed by atoms with Crippen LogP contribution in [0.2, 0.25) is 0 Å². The lowest BCUT2D eigenvalue weighted by molar-refractivity contribution is -0.128.